The van der Waals surface area contributed by atoms with Crippen LogP contribution in [0.2, 0.25) is 0 Å². The molecule has 1 amide bonds. The molecular formula is C22H31N3O3S2. The van der Waals surface area contributed by atoms with E-state index >= 15 is 0 Å². The van der Waals surface area contributed by atoms with Gasteiger partial charge in [0.25, 0.3) is 10.0 Å². The summed E-state index contributed by atoms with van der Waals surface area (Å²) in [5.74, 6) is -0.121. The van der Waals surface area contributed by atoms with Crippen molar-refractivity contribution in [2.75, 3.05) is 32.7 Å². The first kappa shape index (κ1) is 22.9. The summed E-state index contributed by atoms with van der Waals surface area (Å²) in [6, 6.07) is 13.8. The van der Waals surface area contributed by atoms with Crippen molar-refractivity contribution in [3.8, 4) is 0 Å². The highest BCUT2D eigenvalue weighted by atomic mass is 32.2. The largest absolute Gasteiger partial charge is 0.354 e. The van der Waals surface area contributed by atoms with Crippen molar-refractivity contribution in [2.24, 2.45) is 5.92 Å². The quantitative estimate of drug-likeness (QED) is 0.637. The summed E-state index contributed by atoms with van der Waals surface area (Å²) in [4.78, 5) is 15.2. The van der Waals surface area contributed by atoms with E-state index in [9.17, 15) is 13.2 Å². The molecule has 2 aromatic rings. The standard InChI is InChI=1S/C22H31N3O3S2/c1-3-24(4-2)20(18-9-6-5-7-10-18)17-23-22(26)19-12-14-25(15-13-19)30(27,28)21-11-8-16-29-21/h5-11,16,19-20H,3-4,12-15,17H2,1-2H3,(H,23,26). The Morgan fingerprint density at radius 1 is 1.13 bits per heavy atom. The lowest BCUT2D eigenvalue weighted by Gasteiger charge is -2.32. The highest BCUT2D eigenvalue weighted by Gasteiger charge is 2.32. The molecule has 2 heterocycles. The number of piperidine rings is 1. The van der Waals surface area contributed by atoms with Crippen LogP contribution in [-0.4, -0.2) is 56.3 Å². The van der Waals surface area contributed by atoms with Crippen LogP contribution in [0, 0.1) is 5.92 Å². The van der Waals surface area contributed by atoms with Gasteiger partial charge in [0.05, 0.1) is 6.04 Å². The number of rotatable bonds is 9. The predicted molar refractivity (Wildman–Crippen MR) is 121 cm³/mol. The van der Waals surface area contributed by atoms with E-state index in [1.165, 1.54) is 21.2 Å². The molecule has 1 aromatic heterocycles. The van der Waals surface area contributed by atoms with Crippen molar-refractivity contribution in [2.45, 2.75) is 36.9 Å². The molecule has 3 rings (SSSR count). The Morgan fingerprint density at radius 3 is 2.37 bits per heavy atom. The summed E-state index contributed by atoms with van der Waals surface area (Å²) >= 11 is 1.23. The fourth-order valence-corrected chi connectivity index (χ4v) is 6.65. The second-order valence-corrected chi connectivity index (χ2v) is 10.6. The Bertz CT molecular complexity index is 889. The van der Waals surface area contributed by atoms with Gasteiger partial charge in [-0.1, -0.05) is 50.2 Å². The zero-order chi connectivity index (χ0) is 21.6. The maximum absolute atomic E-state index is 12.8. The van der Waals surface area contributed by atoms with Gasteiger partial charge in [-0.3, -0.25) is 9.69 Å². The minimum Gasteiger partial charge on any atom is -0.354 e. The Morgan fingerprint density at radius 2 is 1.80 bits per heavy atom. The van der Waals surface area contributed by atoms with Crippen LogP contribution in [0.1, 0.15) is 38.3 Å². The van der Waals surface area contributed by atoms with E-state index < -0.39 is 10.0 Å². The minimum atomic E-state index is -3.43. The number of carbonyl (C=O) groups is 1. The monoisotopic (exact) mass is 449 g/mol. The lowest BCUT2D eigenvalue weighted by Crippen LogP contribution is -2.44. The van der Waals surface area contributed by atoms with Gasteiger partial charge in [-0.05, 0) is 42.9 Å². The molecule has 0 aliphatic carbocycles. The molecule has 1 fully saturated rings. The topological polar surface area (TPSA) is 69.7 Å². The molecule has 1 N–H and O–H groups in total. The van der Waals surface area contributed by atoms with Gasteiger partial charge in [0.1, 0.15) is 4.21 Å². The van der Waals surface area contributed by atoms with Gasteiger partial charge in [-0.25, -0.2) is 8.42 Å². The van der Waals surface area contributed by atoms with Crippen LogP contribution in [-0.2, 0) is 14.8 Å². The number of likely N-dealkylation sites (N-methyl/N-ethyl adjacent to an activating group) is 1. The third-order valence-electron chi connectivity index (χ3n) is 5.82. The molecule has 0 spiro atoms. The van der Waals surface area contributed by atoms with Crippen molar-refractivity contribution in [3.63, 3.8) is 0 Å². The fourth-order valence-electron chi connectivity index (χ4n) is 4.03. The highest BCUT2D eigenvalue weighted by Crippen LogP contribution is 2.27. The minimum absolute atomic E-state index is 0.0243. The van der Waals surface area contributed by atoms with Gasteiger partial charge in [-0.15, -0.1) is 11.3 Å². The molecule has 1 unspecified atom stereocenters. The van der Waals surface area contributed by atoms with E-state index in [1.807, 2.05) is 18.2 Å². The number of nitrogens with one attached hydrogen (secondary N) is 1. The summed E-state index contributed by atoms with van der Waals surface area (Å²) in [5.41, 5.74) is 1.19. The molecule has 164 valence electrons. The van der Waals surface area contributed by atoms with Crippen LogP contribution in [0.4, 0.5) is 0 Å². The molecule has 6 nitrogen and oxygen atoms in total. The molecule has 0 bridgehead atoms. The van der Waals surface area contributed by atoms with Crippen molar-refractivity contribution in [1.82, 2.24) is 14.5 Å². The first-order valence-electron chi connectivity index (χ1n) is 10.6. The highest BCUT2D eigenvalue weighted by molar-refractivity contribution is 7.91. The van der Waals surface area contributed by atoms with Crippen molar-refractivity contribution in [3.05, 3.63) is 53.4 Å². The summed E-state index contributed by atoms with van der Waals surface area (Å²) in [6.45, 7) is 7.40. The van der Waals surface area contributed by atoms with Crippen LogP contribution < -0.4 is 5.32 Å². The number of amides is 1. The number of sulfonamides is 1. The fraction of sp³-hybridized carbons (Fsp3) is 0.500. The van der Waals surface area contributed by atoms with Crippen molar-refractivity contribution in [1.29, 1.82) is 0 Å². The maximum Gasteiger partial charge on any atom is 0.252 e. The van der Waals surface area contributed by atoms with Crippen molar-refractivity contribution >= 4 is 27.3 Å². The summed E-state index contributed by atoms with van der Waals surface area (Å²) in [7, 11) is -3.43. The zero-order valence-electron chi connectivity index (χ0n) is 17.7. The van der Waals surface area contributed by atoms with Crippen molar-refractivity contribution < 1.29 is 13.2 Å². The van der Waals surface area contributed by atoms with E-state index in [0.29, 0.717) is 36.7 Å². The first-order chi connectivity index (χ1) is 14.5. The van der Waals surface area contributed by atoms with Gasteiger partial charge in [0, 0.05) is 25.6 Å². The molecule has 30 heavy (non-hydrogen) atoms. The molecule has 0 radical (unpaired) electrons. The number of nitrogens with zero attached hydrogens (tertiary/aromatic N) is 2. The summed E-state index contributed by atoms with van der Waals surface area (Å²) in [6.07, 6.45) is 1.11. The number of thiophene rings is 1. The number of hydrogen-bond donors (Lipinski definition) is 1. The van der Waals surface area contributed by atoms with Crippen LogP contribution in [0.15, 0.2) is 52.1 Å². The van der Waals surface area contributed by atoms with Gasteiger partial charge < -0.3 is 5.32 Å². The number of hydrogen-bond acceptors (Lipinski definition) is 5. The van der Waals surface area contributed by atoms with Gasteiger partial charge >= 0.3 is 0 Å². The molecular weight excluding hydrogens is 418 g/mol. The van der Waals surface area contributed by atoms with Gasteiger partial charge in [0.15, 0.2) is 0 Å². The Balaban J connectivity index is 1.57. The number of benzene rings is 1. The first-order valence-corrected chi connectivity index (χ1v) is 12.9. The molecule has 1 saturated heterocycles. The number of carbonyl (C=O) groups excluding carboxylic acids is 1. The molecule has 1 aliphatic heterocycles. The Labute approximate surface area is 183 Å². The van der Waals surface area contributed by atoms with Crippen LogP contribution in [0.5, 0.6) is 0 Å². The summed E-state index contributed by atoms with van der Waals surface area (Å²) < 4.78 is 27.2. The van der Waals surface area contributed by atoms with Crippen LogP contribution in [0.25, 0.3) is 0 Å². The van der Waals surface area contributed by atoms with E-state index in [2.05, 4.69) is 36.2 Å². The SMILES string of the molecule is CCN(CC)C(CNC(=O)C1CCN(S(=O)(=O)c2cccs2)CC1)c1ccccc1. The van der Waals surface area contributed by atoms with Gasteiger partial charge in [-0.2, -0.15) is 4.31 Å². The molecule has 1 aromatic carbocycles. The Kier molecular flexibility index (Phi) is 8.05. The van der Waals surface area contributed by atoms with Gasteiger partial charge in [0.2, 0.25) is 5.91 Å². The lowest BCUT2D eigenvalue weighted by atomic mass is 9.97. The third kappa shape index (κ3) is 5.29. The molecule has 1 atom stereocenters. The average molecular weight is 450 g/mol. The molecule has 1 aliphatic rings. The predicted octanol–water partition coefficient (Wildman–Crippen LogP) is 3.35. The average Bonchev–Trinajstić information content (AvgIpc) is 3.33. The van der Waals surface area contributed by atoms with E-state index in [4.69, 9.17) is 0 Å². The maximum atomic E-state index is 12.8. The van der Waals surface area contributed by atoms with E-state index in [1.54, 1.807) is 17.5 Å². The third-order valence-corrected chi connectivity index (χ3v) is 9.09. The van der Waals surface area contributed by atoms with E-state index in [0.717, 1.165) is 13.1 Å². The molecule has 8 heteroatoms. The molecule has 0 saturated carbocycles. The second-order valence-electron chi connectivity index (χ2n) is 7.50. The Hall–Kier alpha value is -1.74. The lowest BCUT2D eigenvalue weighted by molar-refractivity contribution is -0.126. The second kappa shape index (κ2) is 10.5. The van der Waals surface area contributed by atoms with Crippen LogP contribution in [0.3, 0.4) is 0 Å². The van der Waals surface area contributed by atoms with Crippen LogP contribution >= 0.6 is 11.3 Å². The summed E-state index contributed by atoms with van der Waals surface area (Å²) in [5, 5.41) is 4.90. The zero-order valence-corrected chi connectivity index (χ0v) is 19.3. The van der Waals surface area contributed by atoms with E-state index in [-0.39, 0.29) is 17.9 Å². The smallest absolute Gasteiger partial charge is 0.252 e. The normalized spacial score (nSPS) is 17.2.